The van der Waals surface area contributed by atoms with E-state index in [4.69, 9.17) is 4.74 Å². The van der Waals surface area contributed by atoms with Gasteiger partial charge < -0.3 is 25.4 Å². The van der Waals surface area contributed by atoms with Gasteiger partial charge >= 0.3 is 17.9 Å². The van der Waals surface area contributed by atoms with Gasteiger partial charge in [-0.3, -0.25) is 38.8 Å². The Bertz CT molecular complexity index is 884. The minimum Gasteiger partial charge on any atom is -0.480 e. The molecule has 37 heavy (non-hydrogen) atoms. The molecule has 1 aliphatic heterocycles. The molecule has 13 heteroatoms. The number of carboxylic acid groups (broad SMARTS) is 3. The lowest BCUT2D eigenvalue weighted by atomic mass is 10.0. The second kappa shape index (κ2) is 15.8. The third kappa shape index (κ3) is 11.6. The summed E-state index contributed by atoms with van der Waals surface area (Å²) >= 11 is 0. The van der Waals surface area contributed by atoms with E-state index in [1.54, 1.807) is 14.7 Å². The van der Waals surface area contributed by atoms with Crippen molar-refractivity contribution in [2.75, 3.05) is 84.5 Å². The molecular formula is C24H37N5O8. The fourth-order valence-electron chi connectivity index (χ4n) is 4.35. The SMILES string of the molecule is CNc1ccc(CC2CN(CC(=O)O)CCN(CC(=O)O)CCN(CC(=O)O)CCN2COC=O)cc1. The van der Waals surface area contributed by atoms with E-state index in [0.29, 0.717) is 58.7 Å². The van der Waals surface area contributed by atoms with Crippen LogP contribution in [0.1, 0.15) is 5.56 Å². The lowest BCUT2D eigenvalue weighted by molar-refractivity contribution is -0.141. The highest BCUT2D eigenvalue weighted by molar-refractivity contribution is 5.70. The average molecular weight is 524 g/mol. The fraction of sp³-hybridized carbons (Fsp3) is 0.583. The van der Waals surface area contributed by atoms with Gasteiger partial charge in [-0.25, -0.2) is 0 Å². The summed E-state index contributed by atoms with van der Waals surface area (Å²) in [4.78, 5) is 52.6. The molecule has 0 radical (unpaired) electrons. The molecule has 0 aliphatic carbocycles. The summed E-state index contributed by atoms with van der Waals surface area (Å²) in [6.45, 7) is 1.88. The van der Waals surface area contributed by atoms with Crippen LogP contribution in [0.25, 0.3) is 0 Å². The van der Waals surface area contributed by atoms with Crippen LogP contribution in [0.4, 0.5) is 5.69 Å². The Balaban J connectivity index is 2.37. The molecule has 0 bridgehead atoms. The molecule has 1 saturated heterocycles. The van der Waals surface area contributed by atoms with Crippen LogP contribution >= 0.6 is 0 Å². The fourth-order valence-corrected chi connectivity index (χ4v) is 4.35. The summed E-state index contributed by atoms with van der Waals surface area (Å²) < 4.78 is 5.09. The number of nitrogens with one attached hydrogen (secondary N) is 1. The number of carboxylic acids is 3. The van der Waals surface area contributed by atoms with E-state index in [2.05, 4.69) is 5.32 Å². The van der Waals surface area contributed by atoms with Crippen molar-refractivity contribution in [2.45, 2.75) is 12.5 Å². The number of ether oxygens (including phenoxy) is 1. The van der Waals surface area contributed by atoms with Gasteiger partial charge in [-0.15, -0.1) is 0 Å². The zero-order valence-electron chi connectivity index (χ0n) is 21.1. The van der Waals surface area contributed by atoms with Crippen LogP contribution < -0.4 is 5.32 Å². The van der Waals surface area contributed by atoms with Gasteiger partial charge in [-0.05, 0) is 24.1 Å². The number of hydrogen-bond acceptors (Lipinski definition) is 10. The molecule has 13 nitrogen and oxygen atoms in total. The highest BCUT2D eigenvalue weighted by Crippen LogP contribution is 2.15. The van der Waals surface area contributed by atoms with Gasteiger partial charge in [0.15, 0.2) is 0 Å². The molecule has 1 aliphatic rings. The van der Waals surface area contributed by atoms with E-state index < -0.39 is 17.9 Å². The Morgan fingerprint density at radius 1 is 0.865 bits per heavy atom. The third-order valence-corrected chi connectivity index (χ3v) is 6.25. The Morgan fingerprint density at radius 2 is 1.35 bits per heavy atom. The van der Waals surface area contributed by atoms with E-state index in [0.717, 1.165) is 11.3 Å². The van der Waals surface area contributed by atoms with Crippen molar-refractivity contribution < 1.29 is 39.2 Å². The quantitative estimate of drug-likeness (QED) is 0.253. The lowest BCUT2D eigenvalue weighted by Gasteiger charge is -2.37. The van der Waals surface area contributed by atoms with Gasteiger partial charge in [0.2, 0.25) is 0 Å². The molecule has 1 aromatic carbocycles. The summed E-state index contributed by atoms with van der Waals surface area (Å²) in [6.07, 6.45) is 0.528. The van der Waals surface area contributed by atoms with Crippen LogP contribution in [0.15, 0.2) is 24.3 Å². The highest BCUT2D eigenvalue weighted by atomic mass is 16.5. The van der Waals surface area contributed by atoms with E-state index in [-0.39, 0.29) is 32.4 Å². The van der Waals surface area contributed by atoms with E-state index in [1.807, 2.05) is 36.2 Å². The molecule has 0 spiro atoms. The van der Waals surface area contributed by atoms with Crippen LogP contribution in [0.3, 0.4) is 0 Å². The first kappa shape index (κ1) is 30.0. The highest BCUT2D eigenvalue weighted by Gasteiger charge is 2.26. The Morgan fingerprint density at radius 3 is 1.84 bits per heavy atom. The Kier molecular flexibility index (Phi) is 12.8. The van der Waals surface area contributed by atoms with Gasteiger partial charge in [0.1, 0.15) is 6.73 Å². The Hall–Kier alpha value is -3.26. The lowest BCUT2D eigenvalue weighted by Crippen LogP contribution is -2.53. The molecule has 1 unspecified atom stereocenters. The van der Waals surface area contributed by atoms with Crippen molar-refractivity contribution in [1.29, 1.82) is 0 Å². The van der Waals surface area contributed by atoms with Gasteiger partial charge in [0, 0.05) is 64.6 Å². The topological polar surface area (TPSA) is 163 Å². The predicted molar refractivity (Wildman–Crippen MR) is 134 cm³/mol. The number of nitrogens with zero attached hydrogens (tertiary/aromatic N) is 4. The molecule has 1 atom stereocenters. The predicted octanol–water partition coefficient (Wildman–Crippen LogP) is -0.755. The van der Waals surface area contributed by atoms with Crippen LogP contribution in [-0.4, -0.2) is 145 Å². The zero-order valence-corrected chi connectivity index (χ0v) is 21.1. The van der Waals surface area contributed by atoms with E-state index >= 15 is 0 Å². The van der Waals surface area contributed by atoms with Crippen molar-refractivity contribution in [3.8, 4) is 0 Å². The van der Waals surface area contributed by atoms with Crippen LogP contribution in [0, 0.1) is 0 Å². The number of rotatable bonds is 12. The van der Waals surface area contributed by atoms with E-state index in [1.165, 1.54) is 0 Å². The van der Waals surface area contributed by atoms with Gasteiger partial charge in [-0.2, -0.15) is 0 Å². The number of benzene rings is 1. The van der Waals surface area contributed by atoms with Crippen molar-refractivity contribution in [2.24, 2.45) is 0 Å². The van der Waals surface area contributed by atoms with Gasteiger partial charge in [0.25, 0.3) is 6.47 Å². The molecule has 1 aromatic rings. The van der Waals surface area contributed by atoms with Gasteiger partial charge in [-0.1, -0.05) is 12.1 Å². The first-order valence-corrected chi connectivity index (χ1v) is 12.1. The monoisotopic (exact) mass is 523 g/mol. The molecular weight excluding hydrogens is 486 g/mol. The second-order valence-corrected chi connectivity index (χ2v) is 8.98. The number of anilines is 1. The van der Waals surface area contributed by atoms with Crippen LogP contribution in [0.5, 0.6) is 0 Å². The van der Waals surface area contributed by atoms with Crippen molar-refractivity contribution in [3.63, 3.8) is 0 Å². The van der Waals surface area contributed by atoms with E-state index in [9.17, 15) is 34.5 Å². The Labute approximate surface area is 216 Å². The second-order valence-electron chi connectivity index (χ2n) is 8.98. The van der Waals surface area contributed by atoms with Crippen LogP contribution in [0.2, 0.25) is 0 Å². The summed E-state index contributed by atoms with van der Waals surface area (Å²) in [5.74, 6) is -3.01. The summed E-state index contributed by atoms with van der Waals surface area (Å²) in [6, 6.07) is 7.54. The molecule has 2 rings (SSSR count). The normalized spacial score (nSPS) is 19.3. The van der Waals surface area contributed by atoms with Gasteiger partial charge in [0.05, 0.1) is 19.6 Å². The smallest absolute Gasteiger partial charge is 0.317 e. The minimum absolute atomic E-state index is 0.0320. The maximum atomic E-state index is 11.6. The minimum atomic E-state index is -1.01. The van der Waals surface area contributed by atoms with Crippen molar-refractivity contribution in [3.05, 3.63) is 29.8 Å². The zero-order chi connectivity index (χ0) is 27.2. The molecule has 0 aromatic heterocycles. The molecule has 1 fully saturated rings. The largest absolute Gasteiger partial charge is 0.480 e. The molecule has 206 valence electrons. The third-order valence-electron chi connectivity index (χ3n) is 6.25. The maximum absolute atomic E-state index is 11.6. The average Bonchev–Trinajstić information content (AvgIpc) is 2.83. The summed E-state index contributed by atoms with van der Waals surface area (Å²) in [7, 11) is 1.82. The van der Waals surface area contributed by atoms with Crippen molar-refractivity contribution >= 4 is 30.1 Å². The number of hydrogen-bond donors (Lipinski definition) is 4. The number of aliphatic carboxylic acids is 3. The van der Waals surface area contributed by atoms with Crippen molar-refractivity contribution in [1.82, 2.24) is 19.6 Å². The van der Waals surface area contributed by atoms with Crippen LogP contribution in [-0.2, 0) is 30.3 Å². The standard InChI is InChI=1S/C24H37N5O8/c1-25-20-4-2-19(3-5-20)12-21-13-28(16-24(35)36)9-8-26(14-22(31)32)6-7-27(15-23(33)34)10-11-29(21)17-37-18-30/h2-5,18,21,25H,6-17H2,1H3,(H,31,32)(H,33,34)(H,35,36). The molecule has 1 heterocycles. The number of carbonyl (C=O) groups is 4. The molecule has 0 saturated carbocycles. The summed E-state index contributed by atoms with van der Waals surface area (Å²) in [5.41, 5.74) is 1.94. The summed E-state index contributed by atoms with van der Waals surface area (Å²) in [5, 5.41) is 31.3. The first-order chi connectivity index (χ1) is 17.7. The molecule has 0 amide bonds. The number of carbonyl (C=O) groups excluding carboxylic acids is 1. The first-order valence-electron chi connectivity index (χ1n) is 12.1. The maximum Gasteiger partial charge on any atom is 0.317 e. The molecule has 4 N–H and O–H groups in total.